The van der Waals surface area contributed by atoms with Crippen molar-refractivity contribution < 1.29 is 14.3 Å². The molecule has 1 unspecified atom stereocenters. The lowest BCUT2D eigenvalue weighted by Gasteiger charge is -2.25. The first-order chi connectivity index (χ1) is 10.2. The van der Waals surface area contributed by atoms with Gasteiger partial charge in [0, 0.05) is 20.2 Å². The number of ether oxygens (including phenoxy) is 2. The second-order valence-electron chi connectivity index (χ2n) is 5.65. The Hall–Kier alpha value is -1.55. The van der Waals surface area contributed by atoms with Crippen molar-refractivity contribution in [3.8, 4) is 5.75 Å². The number of amides is 1. The maximum Gasteiger partial charge on any atom is 0.260 e. The normalized spacial score (nSPS) is 18.3. The second kappa shape index (κ2) is 8.03. The van der Waals surface area contributed by atoms with Gasteiger partial charge >= 0.3 is 0 Å². The highest BCUT2D eigenvalue weighted by Crippen LogP contribution is 2.17. The Bertz CT molecular complexity index is 455. The topological polar surface area (TPSA) is 38.8 Å². The zero-order valence-electron chi connectivity index (χ0n) is 13.0. The van der Waals surface area contributed by atoms with Crippen LogP contribution in [0.5, 0.6) is 5.75 Å². The molecule has 1 aromatic carbocycles. The van der Waals surface area contributed by atoms with E-state index in [-0.39, 0.29) is 12.5 Å². The van der Waals surface area contributed by atoms with Crippen molar-refractivity contribution in [3.63, 3.8) is 0 Å². The molecule has 0 N–H and O–H groups in total. The van der Waals surface area contributed by atoms with E-state index in [1.54, 1.807) is 4.90 Å². The highest BCUT2D eigenvalue weighted by atomic mass is 16.5. The average Bonchev–Trinajstić information content (AvgIpc) is 2.52. The fourth-order valence-corrected chi connectivity index (χ4v) is 2.47. The molecular formula is C17H25NO3. The minimum absolute atomic E-state index is 0.00839. The third-order valence-corrected chi connectivity index (χ3v) is 3.93. The number of nitrogens with zero attached hydrogens (tertiary/aromatic N) is 1. The van der Waals surface area contributed by atoms with E-state index in [2.05, 4.69) is 0 Å². The van der Waals surface area contributed by atoms with Crippen LogP contribution in [0.1, 0.15) is 31.2 Å². The largest absolute Gasteiger partial charge is 0.484 e. The third kappa shape index (κ3) is 5.05. The van der Waals surface area contributed by atoms with Crippen LogP contribution in [-0.4, -0.2) is 43.7 Å². The number of carbonyl (C=O) groups excluding carboxylic acids is 1. The van der Waals surface area contributed by atoms with Crippen LogP contribution in [0.15, 0.2) is 24.3 Å². The van der Waals surface area contributed by atoms with E-state index in [4.69, 9.17) is 9.47 Å². The fourth-order valence-electron chi connectivity index (χ4n) is 2.47. The number of aryl methyl sites for hydroxylation is 1. The molecule has 1 amide bonds. The Kier molecular flexibility index (Phi) is 6.05. The summed E-state index contributed by atoms with van der Waals surface area (Å²) in [5.74, 6) is 0.781. The Morgan fingerprint density at radius 3 is 2.90 bits per heavy atom. The third-order valence-electron chi connectivity index (χ3n) is 3.93. The van der Waals surface area contributed by atoms with Crippen molar-refractivity contribution in [2.45, 2.75) is 38.7 Å². The Balaban J connectivity index is 1.71. The van der Waals surface area contributed by atoms with Crippen LogP contribution in [0.4, 0.5) is 0 Å². The summed E-state index contributed by atoms with van der Waals surface area (Å²) in [5, 5.41) is 0. The van der Waals surface area contributed by atoms with Gasteiger partial charge in [0.25, 0.3) is 5.91 Å². The van der Waals surface area contributed by atoms with Crippen molar-refractivity contribution in [1.82, 2.24) is 4.90 Å². The summed E-state index contributed by atoms with van der Waals surface area (Å²) in [5.41, 5.74) is 1.04. The highest BCUT2D eigenvalue weighted by Gasteiger charge is 2.16. The zero-order chi connectivity index (χ0) is 15.1. The monoisotopic (exact) mass is 291 g/mol. The first-order valence-corrected chi connectivity index (χ1v) is 7.71. The van der Waals surface area contributed by atoms with Crippen molar-refractivity contribution in [3.05, 3.63) is 29.8 Å². The molecule has 1 saturated heterocycles. The lowest BCUT2D eigenvalue weighted by Crippen LogP contribution is -2.34. The second-order valence-corrected chi connectivity index (χ2v) is 5.65. The van der Waals surface area contributed by atoms with E-state index in [1.165, 1.54) is 6.42 Å². The number of hydrogen-bond acceptors (Lipinski definition) is 3. The van der Waals surface area contributed by atoms with Crippen molar-refractivity contribution in [1.29, 1.82) is 0 Å². The van der Waals surface area contributed by atoms with Crippen molar-refractivity contribution >= 4 is 5.91 Å². The molecule has 1 aromatic rings. The van der Waals surface area contributed by atoms with Crippen LogP contribution in [0.25, 0.3) is 0 Å². The predicted molar refractivity (Wildman–Crippen MR) is 82.5 cm³/mol. The van der Waals surface area contributed by atoms with Crippen LogP contribution in [-0.2, 0) is 9.53 Å². The average molecular weight is 291 g/mol. The van der Waals surface area contributed by atoms with E-state index in [1.807, 2.05) is 38.2 Å². The molecule has 4 nitrogen and oxygen atoms in total. The SMILES string of the molecule is Cc1ccccc1OCC(=O)N(C)CCC1CCCCO1. The molecule has 21 heavy (non-hydrogen) atoms. The van der Waals surface area contributed by atoms with Gasteiger partial charge in [0.05, 0.1) is 6.10 Å². The van der Waals surface area contributed by atoms with Gasteiger partial charge in [-0.3, -0.25) is 4.79 Å². The molecule has 0 aliphatic carbocycles. The fraction of sp³-hybridized carbons (Fsp3) is 0.588. The molecule has 0 spiro atoms. The Morgan fingerprint density at radius 1 is 1.38 bits per heavy atom. The van der Waals surface area contributed by atoms with Crippen LogP contribution in [0.3, 0.4) is 0 Å². The molecule has 1 heterocycles. The minimum atomic E-state index is 0.00839. The van der Waals surface area contributed by atoms with E-state index in [0.29, 0.717) is 6.10 Å². The van der Waals surface area contributed by atoms with Gasteiger partial charge in [-0.15, -0.1) is 0 Å². The van der Waals surface area contributed by atoms with E-state index in [9.17, 15) is 4.79 Å². The molecule has 0 saturated carbocycles. The highest BCUT2D eigenvalue weighted by molar-refractivity contribution is 5.77. The lowest BCUT2D eigenvalue weighted by atomic mass is 10.1. The Labute approximate surface area is 127 Å². The number of carbonyl (C=O) groups is 1. The zero-order valence-corrected chi connectivity index (χ0v) is 13.0. The predicted octanol–water partition coefficient (Wildman–Crippen LogP) is 2.79. The number of hydrogen-bond donors (Lipinski definition) is 0. The molecule has 1 aliphatic rings. The molecule has 1 fully saturated rings. The van der Waals surface area contributed by atoms with E-state index >= 15 is 0 Å². The van der Waals surface area contributed by atoms with Gasteiger partial charge in [0.15, 0.2) is 6.61 Å². The molecule has 0 radical (unpaired) electrons. The lowest BCUT2D eigenvalue weighted by molar-refractivity contribution is -0.132. The minimum Gasteiger partial charge on any atom is -0.484 e. The summed E-state index contributed by atoms with van der Waals surface area (Å²) in [6.07, 6.45) is 4.73. The number of likely N-dealkylation sites (N-methyl/N-ethyl adjacent to an activating group) is 1. The van der Waals surface area contributed by atoms with Crippen molar-refractivity contribution in [2.24, 2.45) is 0 Å². The van der Waals surface area contributed by atoms with E-state index < -0.39 is 0 Å². The van der Waals surface area contributed by atoms with Crippen LogP contribution in [0, 0.1) is 6.92 Å². The Morgan fingerprint density at radius 2 is 2.19 bits per heavy atom. The van der Waals surface area contributed by atoms with Gasteiger partial charge in [-0.1, -0.05) is 18.2 Å². The molecule has 1 aliphatic heterocycles. The molecule has 116 valence electrons. The number of rotatable bonds is 6. The quantitative estimate of drug-likeness (QED) is 0.809. The number of para-hydroxylation sites is 1. The standard InChI is InChI=1S/C17H25NO3/c1-14-7-3-4-9-16(14)21-13-17(19)18(2)11-10-15-8-5-6-12-20-15/h3-4,7,9,15H,5-6,8,10-13H2,1-2H3. The molecule has 4 heteroatoms. The molecule has 0 bridgehead atoms. The van der Waals surface area contributed by atoms with E-state index in [0.717, 1.165) is 43.7 Å². The van der Waals surface area contributed by atoms with Crippen molar-refractivity contribution in [2.75, 3.05) is 26.8 Å². The van der Waals surface area contributed by atoms with Crippen LogP contribution < -0.4 is 4.74 Å². The van der Waals surface area contributed by atoms with Gasteiger partial charge in [0.2, 0.25) is 0 Å². The summed E-state index contributed by atoms with van der Waals surface area (Å²) in [6, 6.07) is 7.74. The van der Waals surface area contributed by atoms with Gasteiger partial charge < -0.3 is 14.4 Å². The smallest absolute Gasteiger partial charge is 0.260 e. The van der Waals surface area contributed by atoms with Gasteiger partial charge in [-0.2, -0.15) is 0 Å². The summed E-state index contributed by atoms with van der Waals surface area (Å²) in [4.78, 5) is 13.8. The summed E-state index contributed by atoms with van der Waals surface area (Å²) in [6.45, 7) is 3.65. The summed E-state index contributed by atoms with van der Waals surface area (Å²) < 4.78 is 11.3. The molecule has 0 aromatic heterocycles. The van der Waals surface area contributed by atoms with Gasteiger partial charge in [-0.05, 0) is 44.2 Å². The van der Waals surface area contributed by atoms with Gasteiger partial charge in [0.1, 0.15) is 5.75 Å². The first-order valence-electron chi connectivity index (χ1n) is 7.71. The summed E-state index contributed by atoms with van der Waals surface area (Å²) in [7, 11) is 1.83. The molecular weight excluding hydrogens is 266 g/mol. The maximum absolute atomic E-state index is 12.1. The van der Waals surface area contributed by atoms with Crippen LogP contribution in [0.2, 0.25) is 0 Å². The van der Waals surface area contributed by atoms with Crippen LogP contribution >= 0.6 is 0 Å². The molecule has 2 rings (SSSR count). The molecule has 1 atom stereocenters. The first kappa shape index (κ1) is 15.8. The van der Waals surface area contributed by atoms with Gasteiger partial charge in [-0.25, -0.2) is 0 Å². The maximum atomic E-state index is 12.1. The number of benzene rings is 1. The summed E-state index contributed by atoms with van der Waals surface area (Å²) >= 11 is 0.